The molecule has 0 amide bonds. The molecule has 1 fully saturated rings. The monoisotopic (exact) mass is 332 g/mol. The maximum absolute atomic E-state index is 12.9. The first-order chi connectivity index (χ1) is 12.3. The number of allylic oxidation sites excluding steroid dienone is 2. The fourth-order valence-electron chi connectivity index (χ4n) is 5.19. The standard InChI is InChI=1S/C23H24O2/c24-18-11-6-12-19-23(18)21(16-8-2-1-3-9-16)22-17-10-5-4-7-15(17)13-14-20(22)25-19/h4-5,7,10,13-14,16,21H,1-3,6,8-9,11-12H2. The smallest absolute Gasteiger partial charge is 0.162 e. The molecule has 0 spiro atoms. The number of ether oxygens (including phenoxy) is 1. The Kier molecular flexibility index (Phi) is 3.65. The van der Waals surface area contributed by atoms with Crippen molar-refractivity contribution in [1.82, 2.24) is 0 Å². The number of carbonyl (C=O) groups excluding carboxylic acids is 1. The number of fused-ring (bicyclic) bond motifs is 3. The quantitative estimate of drug-likeness (QED) is 0.649. The normalized spacial score (nSPS) is 24.0. The van der Waals surface area contributed by atoms with Gasteiger partial charge in [-0.3, -0.25) is 4.79 Å². The summed E-state index contributed by atoms with van der Waals surface area (Å²) in [5.41, 5.74) is 2.29. The molecule has 1 saturated carbocycles. The topological polar surface area (TPSA) is 26.3 Å². The van der Waals surface area contributed by atoms with Crippen molar-refractivity contribution in [3.63, 3.8) is 0 Å². The number of Topliss-reactive ketones (excluding diaryl/α,β-unsaturated/α-hetero) is 1. The fourth-order valence-corrected chi connectivity index (χ4v) is 5.19. The van der Waals surface area contributed by atoms with Crippen molar-refractivity contribution in [2.75, 3.05) is 0 Å². The number of rotatable bonds is 1. The summed E-state index contributed by atoms with van der Waals surface area (Å²) < 4.78 is 6.29. The number of carbonyl (C=O) groups is 1. The summed E-state index contributed by atoms with van der Waals surface area (Å²) in [4.78, 5) is 12.9. The number of hydrogen-bond acceptors (Lipinski definition) is 2. The van der Waals surface area contributed by atoms with E-state index in [2.05, 4.69) is 36.4 Å². The molecule has 1 heterocycles. The van der Waals surface area contributed by atoms with Gasteiger partial charge in [0.25, 0.3) is 0 Å². The molecule has 0 radical (unpaired) electrons. The van der Waals surface area contributed by atoms with Gasteiger partial charge in [-0.1, -0.05) is 49.6 Å². The van der Waals surface area contributed by atoms with Crippen LogP contribution in [0.3, 0.4) is 0 Å². The highest BCUT2D eigenvalue weighted by Gasteiger charge is 2.40. The Morgan fingerprint density at radius 2 is 1.72 bits per heavy atom. The zero-order chi connectivity index (χ0) is 16.8. The Morgan fingerprint density at radius 1 is 0.880 bits per heavy atom. The second-order valence-electron chi connectivity index (χ2n) is 7.79. The van der Waals surface area contributed by atoms with Crippen molar-refractivity contribution in [1.29, 1.82) is 0 Å². The highest BCUT2D eigenvalue weighted by Crippen LogP contribution is 2.52. The summed E-state index contributed by atoms with van der Waals surface area (Å²) in [6.07, 6.45) is 8.91. The molecule has 2 aliphatic carbocycles. The maximum atomic E-state index is 12.9. The molecule has 0 aromatic heterocycles. The van der Waals surface area contributed by atoms with Crippen molar-refractivity contribution in [3.05, 3.63) is 53.3 Å². The molecule has 2 heteroatoms. The Morgan fingerprint density at radius 3 is 2.60 bits per heavy atom. The van der Waals surface area contributed by atoms with E-state index in [0.717, 1.165) is 29.9 Å². The molecule has 0 bridgehead atoms. The molecule has 2 nitrogen and oxygen atoms in total. The van der Waals surface area contributed by atoms with E-state index in [0.29, 0.717) is 18.1 Å². The van der Waals surface area contributed by atoms with Crippen LogP contribution in [0.15, 0.2) is 47.7 Å². The summed E-state index contributed by atoms with van der Waals surface area (Å²) in [6.45, 7) is 0. The highest BCUT2D eigenvalue weighted by molar-refractivity contribution is 6.00. The third-order valence-electron chi connectivity index (χ3n) is 6.32. The molecule has 25 heavy (non-hydrogen) atoms. The molecule has 0 saturated heterocycles. The van der Waals surface area contributed by atoms with Crippen LogP contribution in [0.4, 0.5) is 0 Å². The molecule has 128 valence electrons. The largest absolute Gasteiger partial charge is 0.461 e. The van der Waals surface area contributed by atoms with Crippen molar-refractivity contribution in [3.8, 4) is 5.75 Å². The van der Waals surface area contributed by atoms with Crippen molar-refractivity contribution in [2.24, 2.45) is 5.92 Å². The van der Waals surface area contributed by atoms with Gasteiger partial charge in [-0.2, -0.15) is 0 Å². The van der Waals surface area contributed by atoms with Gasteiger partial charge in [0, 0.05) is 29.9 Å². The van der Waals surface area contributed by atoms with Gasteiger partial charge in [0.1, 0.15) is 11.5 Å². The predicted molar refractivity (Wildman–Crippen MR) is 99.8 cm³/mol. The number of ketones is 1. The van der Waals surface area contributed by atoms with Crippen LogP contribution in [0, 0.1) is 5.92 Å². The molecule has 0 N–H and O–H groups in total. The van der Waals surface area contributed by atoms with Gasteiger partial charge < -0.3 is 4.74 Å². The number of hydrogen-bond donors (Lipinski definition) is 0. The fraction of sp³-hybridized carbons (Fsp3) is 0.435. The highest BCUT2D eigenvalue weighted by atomic mass is 16.5. The third kappa shape index (κ3) is 2.42. The van der Waals surface area contributed by atoms with E-state index < -0.39 is 0 Å². The molecule has 3 aliphatic rings. The van der Waals surface area contributed by atoms with Gasteiger partial charge in [0.15, 0.2) is 5.78 Å². The Hall–Kier alpha value is -2.09. The Bertz CT molecular complexity index is 871. The second-order valence-corrected chi connectivity index (χ2v) is 7.79. The zero-order valence-corrected chi connectivity index (χ0v) is 14.6. The van der Waals surface area contributed by atoms with Crippen LogP contribution in [0.2, 0.25) is 0 Å². The van der Waals surface area contributed by atoms with Crippen LogP contribution in [0.5, 0.6) is 5.75 Å². The summed E-state index contributed by atoms with van der Waals surface area (Å²) in [5, 5.41) is 2.51. The van der Waals surface area contributed by atoms with Gasteiger partial charge >= 0.3 is 0 Å². The summed E-state index contributed by atoms with van der Waals surface area (Å²) in [5.74, 6) is 3.10. The SMILES string of the molecule is O=C1CCCC2=C1C(C1CCCCC1)c1c(ccc3ccccc13)O2. The average Bonchev–Trinajstić information content (AvgIpc) is 2.67. The van der Waals surface area contributed by atoms with E-state index >= 15 is 0 Å². The number of benzene rings is 2. The van der Waals surface area contributed by atoms with Crippen LogP contribution >= 0.6 is 0 Å². The van der Waals surface area contributed by atoms with Crippen molar-refractivity contribution >= 4 is 16.6 Å². The van der Waals surface area contributed by atoms with Crippen molar-refractivity contribution in [2.45, 2.75) is 57.3 Å². The molecule has 1 atom stereocenters. The first-order valence-corrected chi connectivity index (χ1v) is 9.78. The Balaban J connectivity index is 1.75. The van der Waals surface area contributed by atoms with Gasteiger partial charge in [-0.05, 0) is 42.0 Å². The van der Waals surface area contributed by atoms with E-state index in [1.54, 1.807) is 0 Å². The lowest BCUT2D eigenvalue weighted by Crippen LogP contribution is -2.30. The van der Waals surface area contributed by atoms with Gasteiger partial charge in [-0.25, -0.2) is 0 Å². The van der Waals surface area contributed by atoms with E-state index in [1.807, 2.05) is 0 Å². The zero-order valence-electron chi connectivity index (χ0n) is 14.6. The summed E-state index contributed by atoms with van der Waals surface area (Å²) >= 11 is 0. The molecule has 2 aromatic carbocycles. The lowest BCUT2D eigenvalue weighted by molar-refractivity contribution is -0.116. The van der Waals surface area contributed by atoms with Gasteiger partial charge in [0.05, 0.1) is 0 Å². The van der Waals surface area contributed by atoms with E-state index in [-0.39, 0.29) is 5.92 Å². The predicted octanol–water partition coefficient (Wildman–Crippen LogP) is 5.90. The third-order valence-corrected chi connectivity index (χ3v) is 6.32. The second kappa shape index (κ2) is 6.01. The molecular formula is C23H24O2. The van der Waals surface area contributed by atoms with E-state index in [1.165, 1.54) is 48.4 Å². The molecular weight excluding hydrogens is 308 g/mol. The molecule has 1 aliphatic heterocycles. The lowest BCUT2D eigenvalue weighted by atomic mass is 9.68. The van der Waals surface area contributed by atoms with E-state index in [4.69, 9.17) is 4.74 Å². The maximum Gasteiger partial charge on any atom is 0.162 e. The van der Waals surface area contributed by atoms with Gasteiger partial charge in [-0.15, -0.1) is 0 Å². The Labute approximate surface area is 148 Å². The minimum atomic E-state index is 0.234. The minimum Gasteiger partial charge on any atom is -0.461 e. The van der Waals surface area contributed by atoms with Crippen LogP contribution < -0.4 is 4.74 Å². The van der Waals surface area contributed by atoms with Crippen LogP contribution in [0.1, 0.15) is 62.8 Å². The average molecular weight is 332 g/mol. The first-order valence-electron chi connectivity index (χ1n) is 9.78. The van der Waals surface area contributed by atoms with Gasteiger partial charge in [0.2, 0.25) is 0 Å². The lowest BCUT2D eigenvalue weighted by Gasteiger charge is -2.39. The first kappa shape index (κ1) is 15.2. The van der Waals surface area contributed by atoms with E-state index in [9.17, 15) is 4.79 Å². The van der Waals surface area contributed by atoms with Crippen molar-refractivity contribution < 1.29 is 9.53 Å². The minimum absolute atomic E-state index is 0.234. The van der Waals surface area contributed by atoms with Crippen LogP contribution in [0.25, 0.3) is 10.8 Å². The summed E-state index contributed by atoms with van der Waals surface area (Å²) in [6, 6.07) is 12.8. The molecule has 2 aromatic rings. The summed E-state index contributed by atoms with van der Waals surface area (Å²) in [7, 11) is 0. The molecule has 5 rings (SSSR count). The molecule has 1 unspecified atom stereocenters. The van der Waals surface area contributed by atoms with Crippen LogP contribution in [-0.2, 0) is 4.79 Å². The van der Waals surface area contributed by atoms with Crippen LogP contribution in [-0.4, -0.2) is 5.78 Å².